The van der Waals surface area contributed by atoms with Gasteiger partial charge in [0.05, 0.1) is 0 Å². The SMILES string of the molecule is Cc1ccc(-c2cccc(-c3cc(-c4ncccn4)ccc3-c3cccc(-c4cc(C)cc(C)c4)c3)c2)cc1. The van der Waals surface area contributed by atoms with Gasteiger partial charge in [-0.3, -0.25) is 0 Å². The highest BCUT2D eigenvalue weighted by Gasteiger charge is 2.13. The van der Waals surface area contributed by atoms with Crippen LogP contribution in [-0.4, -0.2) is 9.97 Å². The van der Waals surface area contributed by atoms with Gasteiger partial charge in [0.2, 0.25) is 0 Å². The van der Waals surface area contributed by atoms with E-state index in [1.165, 1.54) is 50.1 Å². The molecule has 1 aromatic heterocycles. The van der Waals surface area contributed by atoms with Crippen molar-refractivity contribution in [2.75, 3.05) is 0 Å². The fourth-order valence-electron chi connectivity index (χ4n) is 5.24. The van der Waals surface area contributed by atoms with E-state index in [4.69, 9.17) is 0 Å². The van der Waals surface area contributed by atoms with Crippen molar-refractivity contribution in [2.45, 2.75) is 20.8 Å². The lowest BCUT2D eigenvalue weighted by molar-refractivity contribution is 1.18. The summed E-state index contributed by atoms with van der Waals surface area (Å²) in [5.41, 5.74) is 14.4. The van der Waals surface area contributed by atoms with Crippen molar-refractivity contribution in [3.63, 3.8) is 0 Å². The molecule has 6 aromatic rings. The Balaban J connectivity index is 1.51. The Hall–Kier alpha value is -4.82. The first-order valence-electron chi connectivity index (χ1n) is 13.3. The Bertz CT molecular complexity index is 1750. The van der Waals surface area contributed by atoms with Crippen molar-refractivity contribution < 1.29 is 0 Å². The zero-order chi connectivity index (χ0) is 26.8. The average molecular weight is 503 g/mol. The van der Waals surface area contributed by atoms with Crippen LogP contribution in [0.1, 0.15) is 16.7 Å². The number of benzene rings is 5. The topological polar surface area (TPSA) is 25.8 Å². The van der Waals surface area contributed by atoms with Crippen LogP contribution in [0.25, 0.3) is 55.9 Å². The van der Waals surface area contributed by atoms with Crippen LogP contribution in [0.2, 0.25) is 0 Å². The van der Waals surface area contributed by atoms with Crippen molar-refractivity contribution >= 4 is 0 Å². The minimum Gasteiger partial charge on any atom is -0.237 e. The summed E-state index contributed by atoms with van der Waals surface area (Å²) in [6.07, 6.45) is 3.59. The highest BCUT2D eigenvalue weighted by atomic mass is 14.8. The second-order valence-corrected chi connectivity index (χ2v) is 10.2. The minimum absolute atomic E-state index is 0.726. The Morgan fingerprint density at radius 3 is 1.59 bits per heavy atom. The van der Waals surface area contributed by atoms with Gasteiger partial charge in [-0.1, -0.05) is 108 Å². The molecule has 0 radical (unpaired) electrons. The molecule has 0 aliphatic rings. The fourth-order valence-corrected chi connectivity index (χ4v) is 5.24. The molecule has 188 valence electrons. The zero-order valence-corrected chi connectivity index (χ0v) is 22.5. The van der Waals surface area contributed by atoms with E-state index in [0.717, 1.165) is 22.5 Å². The van der Waals surface area contributed by atoms with Crippen LogP contribution in [0.5, 0.6) is 0 Å². The first-order valence-corrected chi connectivity index (χ1v) is 13.3. The molecule has 0 bridgehead atoms. The van der Waals surface area contributed by atoms with Crippen LogP contribution in [-0.2, 0) is 0 Å². The van der Waals surface area contributed by atoms with E-state index in [2.05, 4.69) is 140 Å². The van der Waals surface area contributed by atoms with E-state index >= 15 is 0 Å². The molecule has 2 nitrogen and oxygen atoms in total. The van der Waals surface area contributed by atoms with E-state index in [9.17, 15) is 0 Å². The van der Waals surface area contributed by atoms with Crippen LogP contribution in [0, 0.1) is 20.8 Å². The molecule has 0 fully saturated rings. The predicted octanol–water partition coefficient (Wildman–Crippen LogP) is 9.74. The van der Waals surface area contributed by atoms with Gasteiger partial charge in [-0.05, 0) is 89.5 Å². The van der Waals surface area contributed by atoms with Crippen LogP contribution < -0.4 is 0 Å². The van der Waals surface area contributed by atoms with Crippen LogP contribution in [0.15, 0.2) is 128 Å². The molecule has 6 rings (SSSR count). The third-order valence-electron chi connectivity index (χ3n) is 7.13. The molecule has 0 aliphatic carbocycles. The van der Waals surface area contributed by atoms with Crippen LogP contribution in [0.3, 0.4) is 0 Å². The summed E-state index contributed by atoms with van der Waals surface area (Å²) in [5, 5.41) is 0. The monoisotopic (exact) mass is 502 g/mol. The quantitative estimate of drug-likeness (QED) is 0.234. The number of rotatable bonds is 5. The van der Waals surface area contributed by atoms with Gasteiger partial charge in [0.1, 0.15) is 0 Å². The van der Waals surface area contributed by atoms with Crippen molar-refractivity contribution in [3.05, 3.63) is 144 Å². The van der Waals surface area contributed by atoms with Gasteiger partial charge in [-0.15, -0.1) is 0 Å². The molecule has 0 aliphatic heterocycles. The standard InChI is InChI=1S/C37H30N2/c1-25-11-13-28(14-12-25)29-7-4-10-32(22-29)36-24-33(37-38-17-6-18-39-37)15-16-35(36)31-9-5-8-30(23-31)34-20-26(2)19-27(3)21-34/h4-24H,1-3H3. The summed E-state index contributed by atoms with van der Waals surface area (Å²) < 4.78 is 0. The summed E-state index contributed by atoms with van der Waals surface area (Å²) in [5.74, 6) is 0.726. The van der Waals surface area contributed by atoms with Gasteiger partial charge in [-0.2, -0.15) is 0 Å². The summed E-state index contributed by atoms with van der Waals surface area (Å²) >= 11 is 0. The van der Waals surface area contributed by atoms with Gasteiger partial charge >= 0.3 is 0 Å². The van der Waals surface area contributed by atoms with E-state index < -0.39 is 0 Å². The van der Waals surface area contributed by atoms with Gasteiger partial charge in [-0.25, -0.2) is 9.97 Å². The van der Waals surface area contributed by atoms with Crippen molar-refractivity contribution in [1.82, 2.24) is 9.97 Å². The molecule has 2 heteroatoms. The maximum absolute atomic E-state index is 4.52. The Kier molecular flexibility index (Phi) is 6.61. The molecule has 0 unspecified atom stereocenters. The highest BCUT2D eigenvalue weighted by molar-refractivity contribution is 5.89. The molecule has 0 saturated heterocycles. The molecule has 1 heterocycles. The number of aromatic nitrogens is 2. The summed E-state index contributed by atoms with van der Waals surface area (Å²) in [7, 11) is 0. The predicted molar refractivity (Wildman–Crippen MR) is 163 cm³/mol. The van der Waals surface area contributed by atoms with E-state index in [0.29, 0.717) is 0 Å². The lowest BCUT2D eigenvalue weighted by Crippen LogP contribution is -1.92. The third-order valence-corrected chi connectivity index (χ3v) is 7.13. The van der Waals surface area contributed by atoms with Gasteiger partial charge in [0.25, 0.3) is 0 Å². The molecule has 0 atom stereocenters. The number of hydrogen-bond donors (Lipinski definition) is 0. The van der Waals surface area contributed by atoms with E-state index in [1.54, 1.807) is 12.4 Å². The number of hydrogen-bond acceptors (Lipinski definition) is 2. The van der Waals surface area contributed by atoms with Crippen LogP contribution in [0.4, 0.5) is 0 Å². The van der Waals surface area contributed by atoms with E-state index in [1.807, 2.05) is 6.07 Å². The highest BCUT2D eigenvalue weighted by Crippen LogP contribution is 2.38. The molecule has 0 spiro atoms. The lowest BCUT2D eigenvalue weighted by Gasteiger charge is -2.15. The number of aryl methyl sites for hydroxylation is 3. The average Bonchev–Trinajstić information content (AvgIpc) is 2.97. The molecule has 0 saturated carbocycles. The van der Waals surface area contributed by atoms with Crippen LogP contribution >= 0.6 is 0 Å². The third kappa shape index (κ3) is 5.28. The fraction of sp³-hybridized carbons (Fsp3) is 0.0811. The summed E-state index contributed by atoms with van der Waals surface area (Å²) in [6.45, 7) is 6.43. The second kappa shape index (κ2) is 10.5. The normalized spacial score (nSPS) is 10.9. The number of nitrogens with zero attached hydrogens (tertiary/aromatic N) is 2. The van der Waals surface area contributed by atoms with Gasteiger partial charge < -0.3 is 0 Å². The maximum atomic E-state index is 4.52. The molecule has 0 N–H and O–H groups in total. The molecule has 5 aromatic carbocycles. The molecular formula is C37H30N2. The maximum Gasteiger partial charge on any atom is 0.159 e. The van der Waals surface area contributed by atoms with Gasteiger partial charge in [0.15, 0.2) is 5.82 Å². The molecule has 39 heavy (non-hydrogen) atoms. The summed E-state index contributed by atoms with van der Waals surface area (Å²) in [4.78, 5) is 9.04. The Morgan fingerprint density at radius 1 is 0.359 bits per heavy atom. The zero-order valence-electron chi connectivity index (χ0n) is 22.5. The van der Waals surface area contributed by atoms with Gasteiger partial charge in [0, 0.05) is 18.0 Å². The van der Waals surface area contributed by atoms with Crippen molar-refractivity contribution in [2.24, 2.45) is 0 Å². The van der Waals surface area contributed by atoms with E-state index in [-0.39, 0.29) is 0 Å². The first kappa shape index (κ1) is 24.5. The second-order valence-electron chi connectivity index (χ2n) is 10.2. The lowest BCUT2D eigenvalue weighted by atomic mass is 9.89. The van der Waals surface area contributed by atoms with Crippen molar-refractivity contribution in [3.8, 4) is 55.9 Å². The smallest absolute Gasteiger partial charge is 0.159 e. The molecular weight excluding hydrogens is 472 g/mol. The Morgan fingerprint density at radius 2 is 0.923 bits per heavy atom. The Labute approximate surface area is 230 Å². The minimum atomic E-state index is 0.726. The van der Waals surface area contributed by atoms with Crippen molar-refractivity contribution in [1.29, 1.82) is 0 Å². The molecule has 0 amide bonds. The summed E-state index contributed by atoms with van der Waals surface area (Å²) in [6, 6.07) is 41.5. The largest absolute Gasteiger partial charge is 0.237 e. The first-order chi connectivity index (χ1) is 19.0.